The van der Waals surface area contributed by atoms with Crippen LogP contribution in [-0.4, -0.2) is 15.0 Å². The molecule has 2 aromatic heterocycles. The van der Waals surface area contributed by atoms with Crippen molar-refractivity contribution in [2.45, 2.75) is 5.41 Å². The highest BCUT2D eigenvalue weighted by atomic mass is 16.3. The normalized spacial score (nSPS) is 14.4. The minimum Gasteiger partial charge on any atom is -0.463 e. The summed E-state index contributed by atoms with van der Waals surface area (Å²) < 4.78 is 5.86. The molecule has 8 aromatic rings. The molecule has 6 heteroatoms. The van der Waals surface area contributed by atoms with Crippen LogP contribution < -0.4 is 0 Å². The topological polar surface area (TPSA) is 99.4 Å². The lowest BCUT2D eigenvalue weighted by Crippen LogP contribution is -2.28. The highest BCUT2D eigenvalue weighted by molar-refractivity contribution is 6.05. The van der Waals surface area contributed by atoms with Gasteiger partial charge in [-0.15, -0.1) is 0 Å². The molecule has 0 spiro atoms. The summed E-state index contributed by atoms with van der Waals surface area (Å²) in [6.07, 6.45) is 1.52. The lowest BCUT2D eigenvalue weighted by molar-refractivity contribution is 0.614. The minimum absolute atomic E-state index is 0.477. The van der Waals surface area contributed by atoms with Crippen molar-refractivity contribution in [1.82, 2.24) is 15.0 Å². The molecule has 50 heavy (non-hydrogen) atoms. The fourth-order valence-electron chi connectivity index (χ4n) is 7.38. The summed E-state index contributed by atoms with van der Waals surface area (Å²) in [5.74, 6) is 1.76. The molecule has 2 heterocycles. The van der Waals surface area contributed by atoms with Gasteiger partial charge in [-0.3, -0.25) is 0 Å². The van der Waals surface area contributed by atoms with Crippen LogP contribution in [0.1, 0.15) is 33.4 Å². The van der Waals surface area contributed by atoms with Crippen molar-refractivity contribution in [3.63, 3.8) is 0 Å². The molecule has 1 unspecified atom stereocenters. The first-order chi connectivity index (χ1) is 24.7. The lowest BCUT2D eigenvalue weighted by atomic mass is 9.67. The van der Waals surface area contributed by atoms with Gasteiger partial charge in [-0.05, 0) is 51.6 Å². The Morgan fingerprint density at radius 1 is 0.520 bits per heavy atom. The Hall–Kier alpha value is -7.15. The number of fused-ring (bicyclic) bond motifs is 5. The molecule has 1 aliphatic carbocycles. The highest BCUT2D eigenvalue weighted by Crippen LogP contribution is 2.58. The van der Waals surface area contributed by atoms with Crippen LogP contribution in [-0.2, 0) is 5.41 Å². The average molecular weight is 640 g/mol. The van der Waals surface area contributed by atoms with E-state index in [2.05, 4.69) is 54.6 Å². The van der Waals surface area contributed by atoms with E-state index in [9.17, 15) is 10.5 Å². The van der Waals surface area contributed by atoms with Gasteiger partial charge in [0.25, 0.3) is 0 Å². The molecule has 1 atom stereocenters. The maximum atomic E-state index is 10.1. The van der Waals surface area contributed by atoms with E-state index in [1.54, 1.807) is 0 Å². The number of hydrogen-bond donors (Lipinski definition) is 0. The third-order valence-electron chi connectivity index (χ3n) is 9.57. The SMILES string of the molecule is N#Cc1ccc2c(c1)C(c1ccccc1)(c1ccc(-c3nc(-c4ccccc4)nc(-c4ccccc4)n3)cc1)c1ccc3occ(C#N)c3c1-2. The summed E-state index contributed by atoms with van der Waals surface area (Å²) in [7, 11) is 0. The van der Waals surface area contributed by atoms with Crippen molar-refractivity contribution >= 4 is 11.0 Å². The Balaban J connectivity index is 1.29. The fraction of sp³-hybridized carbons (Fsp3) is 0.0227. The third-order valence-corrected chi connectivity index (χ3v) is 9.57. The Bertz CT molecular complexity index is 2600. The predicted octanol–water partition coefficient (Wildman–Crippen LogP) is 9.73. The first-order valence-corrected chi connectivity index (χ1v) is 16.2. The quantitative estimate of drug-likeness (QED) is 0.186. The lowest BCUT2D eigenvalue weighted by Gasteiger charge is -2.34. The molecule has 0 N–H and O–H groups in total. The van der Waals surface area contributed by atoms with E-state index in [1.165, 1.54) is 6.26 Å². The van der Waals surface area contributed by atoms with Crippen molar-refractivity contribution in [3.8, 4) is 57.4 Å². The molecule has 0 bridgehead atoms. The zero-order chi connectivity index (χ0) is 33.7. The van der Waals surface area contributed by atoms with Crippen LogP contribution in [0.3, 0.4) is 0 Å². The van der Waals surface area contributed by atoms with E-state index in [4.69, 9.17) is 19.4 Å². The van der Waals surface area contributed by atoms with Crippen molar-refractivity contribution in [2.24, 2.45) is 0 Å². The van der Waals surface area contributed by atoms with E-state index < -0.39 is 5.41 Å². The van der Waals surface area contributed by atoms with Crippen LogP contribution >= 0.6 is 0 Å². The van der Waals surface area contributed by atoms with Gasteiger partial charge in [0.1, 0.15) is 17.9 Å². The molecule has 0 radical (unpaired) electrons. The van der Waals surface area contributed by atoms with Crippen LogP contribution in [0.5, 0.6) is 0 Å². The van der Waals surface area contributed by atoms with Gasteiger partial charge < -0.3 is 4.42 Å². The maximum absolute atomic E-state index is 10.1. The molecule has 0 saturated heterocycles. The number of aromatic nitrogens is 3. The van der Waals surface area contributed by atoms with Crippen LogP contribution in [0.2, 0.25) is 0 Å². The molecule has 232 valence electrons. The maximum Gasteiger partial charge on any atom is 0.164 e. The largest absolute Gasteiger partial charge is 0.463 e. The van der Waals surface area contributed by atoms with E-state index in [-0.39, 0.29) is 0 Å². The molecular weight excluding hydrogens is 615 g/mol. The summed E-state index contributed by atoms with van der Waals surface area (Å²) in [5.41, 5.74) is 9.49. The number of nitriles is 2. The second kappa shape index (κ2) is 11.5. The molecule has 1 aliphatic rings. The van der Waals surface area contributed by atoms with Crippen LogP contribution in [0.15, 0.2) is 156 Å². The van der Waals surface area contributed by atoms with Crippen LogP contribution in [0.25, 0.3) is 56.3 Å². The summed E-state index contributed by atoms with van der Waals surface area (Å²) in [6, 6.07) is 53.1. The molecule has 6 aromatic carbocycles. The van der Waals surface area contributed by atoms with Gasteiger partial charge in [-0.25, -0.2) is 15.0 Å². The second-order valence-corrected chi connectivity index (χ2v) is 12.2. The zero-order valence-corrected chi connectivity index (χ0v) is 26.6. The average Bonchev–Trinajstić information content (AvgIpc) is 3.75. The van der Waals surface area contributed by atoms with Crippen molar-refractivity contribution < 1.29 is 4.42 Å². The van der Waals surface area contributed by atoms with Gasteiger partial charge in [0.2, 0.25) is 0 Å². The van der Waals surface area contributed by atoms with E-state index in [0.717, 1.165) is 55.5 Å². The smallest absolute Gasteiger partial charge is 0.164 e. The summed E-state index contributed by atoms with van der Waals surface area (Å²) in [6.45, 7) is 0. The summed E-state index contributed by atoms with van der Waals surface area (Å²) in [4.78, 5) is 14.7. The van der Waals surface area contributed by atoms with Crippen molar-refractivity contribution in [2.75, 3.05) is 0 Å². The molecular formula is C44H25N5O. The Labute approximate surface area is 288 Å². The first-order valence-electron chi connectivity index (χ1n) is 16.2. The zero-order valence-electron chi connectivity index (χ0n) is 26.6. The van der Waals surface area contributed by atoms with Crippen LogP contribution in [0, 0.1) is 22.7 Å². The Morgan fingerprint density at radius 2 is 1.08 bits per heavy atom. The number of benzene rings is 6. The van der Waals surface area contributed by atoms with Gasteiger partial charge in [-0.2, -0.15) is 10.5 Å². The summed E-state index contributed by atoms with van der Waals surface area (Å²) in [5, 5.41) is 20.9. The fourth-order valence-corrected chi connectivity index (χ4v) is 7.38. The molecule has 0 saturated carbocycles. The summed E-state index contributed by atoms with van der Waals surface area (Å²) >= 11 is 0. The van der Waals surface area contributed by atoms with E-state index >= 15 is 0 Å². The molecule has 9 rings (SSSR count). The highest BCUT2D eigenvalue weighted by Gasteiger charge is 2.47. The van der Waals surface area contributed by atoms with Gasteiger partial charge in [0.15, 0.2) is 17.5 Å². The van der Waals surface area contributed by atoms with Crippen molar-refractivity contribution in [3.05, 3.63) is 185 Å². The number of hydrogen-bond acceptors (Lipinski definition) is 6. The monoisotopic (exact) mass is 639 g/mol. The molecule has 0 fully saturated rings. The molecule has 0 amide bonds. The number of furan rings is 1. The first kappa shape index (κ1) is 29.0. The number of rotatable bonds is 5. The van der Waals surface area contributed by atoms with E-state index in [1.807, 2.05) is 103 Å². The Kier molecular flexibility index (Phi) is 6.69. The molecule has 0 aliphatic heterocycles. The van der Waals surface area contributed by atoms with Gasteiger partial charge >= 0.3 is 0 Å². The molecule has 6 nitrogen and oxygen atoms in total. The second-order valence-electron chi connectivity index (χ2n) is 12.2. The van der Waals surface area contributed by atoms with Gasteiger partial charge in [0.05, 0.1) is 22.6 Å². The third kappa shape index (κ3) is 4.37. The van der Waals surface area contributed by atoms with Crippen molar-refractivity contribution in [1.29, 1.82) is 10.5 Å². The Morgan fingerprint density at radius 3 is 1.66 bits per heavy atom. The van der Waals surface area contributed by atoms with Gasteiger partial charge in [-0.1, -0.05) is 127 Å². The predicted molar refractivity (Wildman–Crippen MR) is 193 cm³/mol. The number of nitrogens with zero attached hydrogens (tertiary/aromatic N) is 5. The van der Waals surface area contributed by atoms with Crippen LogP contribution in [0.4, 0.5) is 0 Å². The standard InChI is InChI=1S/C44H25N5O/c45-25-28-16-21-35-37(24-28)44(33-14-8-3-9-15-33,36-22-23-38-39(40(35)36)32(26-46)27-50-38)34-19-17-31(18-20-34)43-48-41(29-10-4-1-5-11-29)47-42(49-43)30-12-6-2-7-13-30/h1-24,27H. The minimum atomic E-state index is -0.793. The van der Waals surface area contributed by atoms with E-state index in [0.29, 0.717) is 34.2 Å². The van der Waals surface area contributed by atoms with Gasteiger partial charge in [0, 0.05) is 22.1 Å².